The van der Waals surface area contributed by atoms with Gasteiger partial charge in [-0.25, -0.2) is 4.79 Å². The van der Waals surface area contributed by atoms with Gasteiger partial charge in [-0.05, 0) is 35.7 Å². The van der Waals surface area contributed by atoms with Crippen LogP contribution in [0, 0.1) is 6.92 Å². The van der Waals surface area contributed by atoms with Gasteiger partial charge in [-0.15, -0.1) is 0 Å². The molecule has 0 spiro atoms. The van der Waals surface area contributed by atoms with Gasteiger partial charge in [0, 0.05) is 14.1 Å². The predicted octanol–water partition coefficient (Wildman–Crippen LogP) is 4.53. The first-order valence-electron chi connectivity index (χ1n) is 10.0. The first-order chi connectivity index (χ1) is 14.9. The highest BCUT2D eigenvalue weighted by Gasteiger charge is 2.24. The van der Waals surface area contributed by atoms with Crippen molar-refractivity contribution in [3.8, 4) is 5.75 Å². The van der Waals surface area contributed by atoms with E-state index >= 15 is 0 Å². The number of carbonyl (C=O) groups excluding carboxylic acids is 2. The Labute approximate surface area is 182 Å². The first kappa shape index (κ1) is 21.9. The molecule has 0 aliphatic rings. The molecule has 2 N–H and O–H groups in total. The smallest absolute Gasteiger partial charge is 0.320 e. The lowest BCUT2D eigenvalue weighted by molar-refractivity contribution is -0.130. The van der Waals surface area contributed by atoms with Crippen molar-refractivity contribution >= 4 is 17.6 Å². The molecule has 0 unspecified atom stereocenters. The van der Waals surface area contributed by atoms with E-state index in [4.69, 9.17) is 4.74 Å². The van der Waals surface area contributed by atoms with Crippen molar-refractivity contribution in [1.82, 2.24) is 10.2 Å². The van der Waals surface area contributed by atoms with Crippen LogP contribution in [0.1, 0.15) is 22.7 Å². The van der Waals surface area contributed by atoms with Crippen LogP contribution in [0.25, 0.3) is 0 Å². The summed E-state index contributed by atoms with van der Waals surface area (Å²) in [7, 11) is 3.32. The molecule has 31 heavy (non-hydrogen) atoms. The molecule has 0 aliphatic carbocycles. The van der Waals surface area contributed by atoms with E-state index in [1.165, 1.54) is 4.90 Å². The van der Waals surface area contributed by atoms with E-state index in [0.717, 1.165) is 11.1 Å². The second-order valence-electron chi connectivity index (χ2n) is 7.45. The molecule has 0 heterocycles. The average molecular weight is 418 g/mol. The van der Waals surface area contributed by atoms with Crippen molar-refractivity contribution in [2.75, 3.05) is 19.4 Å². The van der Waals surface area contributed by atoms with Gasteiger partial charge < -0.3 is 20.3 Å². The van der Waals surface area contributed by atoms with Crippen molar-refractivity contribution in [3.05, 3.63) is 95.6 Å². The van der Waals surface area contributed by atoms with E-state index in [2.05, 4.69) is 10.6 Å². The van der Waals surface area contributed by atoms with Crippen LogP contribution in [-0.2, 0) is 11.4 Å². The third-order valence-corrected chi connectivity index (χ3v) is 4.72. The summed E-state index contributed by atoms with van der Waals surface area (Å²) in [6.45, 7) is 2.34. The van der Waals surface area contributed by atoms with E-state index in [9.17, 15) is 9.59 Å². The summed E-state index contributed by atoms with van der Waals surface area (Å²) in [5.74, 6) is 0.347. The molecule has 6 heteroatoms. The molecule has 160 valence electrons. The Morgan fingerprint density at radius 2 is 1.58 bits per heavy atom. The maximum atomic E-state index is 12.8. The molecule has 3 rings (SSSR count). The number of hydrogen-bond donors (Lipinski definition) is 2. The lowest BCUT2D eigenvalue weighted by Gasteiger charge is -2.22. The fraction of sp³-hybridized carbons (Fsp3) is 0.200. The quantitative estimate of drug-likeness (QED) is 0.594. The SMILES string of the molecule is Cc1ccc(NC(=O)N[C@@H](C(=O)N(C)C)c2ccccc2)c(OCc2ccccc2)c1. The molecule has 0 aromatic heterocycles. The van der Waals surface area contributed by atoms with Crippen LogP contribution in [0.4, 0.5) is 10.5 Å². The maximum Gasteiger partial charge on any atom is 0.320 e. The Morgan fingerprint density at radius 3 is 2.23 bits per heavy atom. The van der Waals surface area contributed by atoms with E-state index in [-0.39, 0.29) is 5.91 Å². The molecule has 0 bridgehead atoms. The molecule has 6 nitrogen and oxygen atoms in total. The standard InChI is InChI=1S/C25H27N3O3/c1-18-14-15-21(22(16-18)31-17-19-10-6-4-7-11-19)26-25(30)27-23(24(29)28(2)3)20-12-8-5-9-13-20/h4-16,23H,17H2,1-3H3,(H2,26,27,30)/t23-/m1/s1. The van der Waals surface area contributed by atoms with Gasteiger partial charge in [0.25, 0.3) is 0 Å². The number of ether oxygens (including phenoxy) is 1. The van der Waals surface area contributed by atoms with E-state index < -0.39 is 12.1 Å². The van der Waals surface area contributed by atoms with Gasteiger partial charge in [0.05, 0.1) is 5.69 Å². The molecule has 0 radical (unpaired) electrons. The third kappa shape index (κ3) is 6.09. The van der Waals surface area contributed by atoms with Gasteiger partial charge in [0.1, 0.15) is 18.4 Å². The average Bonchev–Trinajstić information content (AvgIpc) is 2.78. The number of benzene rings is 3. The van der Waals surface area contributed by atoms with Gasteiger partial charge in [0.2, 0.25) is 5.91 Å². The predicted molar refractivity (Wildman–Crippen MR) is 122 cm³/mol. The van der Waals surface area contributed by atoms with Crippen LogP contribution in [0.15, 0.2) is 78.9 Å². The summed E-state index contributed by atoms with van der Waals surface area (Å²) in [4.78, 5) is 26.9. The Balaban J connectivity index is 1.75. The highest BCUT2D eigenvalue weighted by Crippen LogP contribution is 2.27. The maximum absolute atomic E-state index is 12.8. The first-order valence-corrected chi connectivity index (χ1v) is 10.0. The number of rotatable bonds is 7. The second-order valence-corrected chi connectivity index (χ2v) is 7.45. The van der Waals surface area contributed by atoms with Crippen LogP contribution >= 0.6 is 0 Å². The van der Waals surface area contributed by atoms with Crippen molar-refractivity contribution in [1.29, 1.82) is 0 Å². The van der Waals surface area contributed by atoms with Crippen LogP contribution in [0.3, 0.4) is 0 Å². The number of carbonyl (C=O) groups is 2. The molecule has 3 aromatic carbocycles. The summed E-state index contributed by atoms with van der Waals surface area (Å²) in [5.41, 5.74) is 3.28. The highest BCUT2D eigenvalue weighted by molar-refractivity contribution is 5.95. The van der Waals surface area contributed by atoms with Crippen LogP contribution < -0.4 is 15.4 Å². The number of anilines is 1. The molecule has 3 aromatic rings. The number of aryl methyl sites for hydroxylation is 1. The molecular weight excluding hydrogens is 390 g/mol. The summed E-state index contributed by atoms with van der Waals surface area (Å²) < 4.78 is 5.96. The normalized spacial score (nSPS) is 11.3. The number of urea groups is 1. The van der Waals surface area contributed by atoms with Gasteiger partial charge in [-0.3, -0.25) is 4.79 Å². The van der Waals surface area contributed by atoms with Crippen LogP contribution in [0.5, 0.6) is 5.75 Å². The Bertz CT molecular complexity index is 1020. The van der Waals surface area contributed by atoms with E-state index in [1.807, 2.05) is 79.7 Å². The Kier molecular flexibility index (Phi) is 7.27. The lowest BCUT2D eigenvalue weighted by Crippen LogP contribution is -2.41. The van der Waals surface area contributed by atoms with Gasteiger partial charge >= 0.3 is 6.03 Å². The fourth-order valence-electron chi connectivity index (χ4n) is 3.07. The minimum Gasteiger partial charge on any atom is -0.487 e. The molecule has 0 fully saturated rings. The number of amides is 3. The Morgan fingerprint density at radius 1 is 0.935 bits per heavy atom. The molecule has 0 aliphatic heterocycles. The zero-order valence-corrected chi connectivity index (χ0v) is 18.0. The van der Waals surface area contributed by atoms with Gasteiger partial charge in [-0.2, -0.15) is 0 Å². The molecular formula is C25H27N3O3. The fourth-order valence-corrected chi connectivity index (χ4v) is 3.07. The third-order valence-electron chi connectivity index (χ3n) is 4.72. The lowest BCUT2D eigenvalue weighted by atomic mass is 10.1. The van der Waals surface area contributed by atoms with Crippen molar-refractivity contribution < 1.29 is 14.3 Å². The second kappa shape index (κ2) is 10.3. The van der Waals surface area contributed by atoms with Crippen LogP contribution in [0.2, 0.25) is 0 Å². The number of nitrogens with one attached hydrogen (secondary N) is 2. The topological polar surface area (TPSA) is 70.7 Å². The monoisotopic (exact) mass is 417 g/mol. The largest absolute Gasteiger partial charge is 0.487 e. The van der Waals surface area contributed by atoms with E-state index in [1.54, 1.807) is 20.2 Å². The summed E-state index contributed by atoms with van der Waals surface area (Å²) in [5, 5.41) is 5.60. The minimum atomic E-state index is -0.796. The number of likely N-dealkylation sites (N-methyl/N-ethyl adjacent to an activating group) is 1. The summed E-state index contributed by atoms with van der Waals surface area (Å²) in [6, 6.07) is 23.2. The van der Waals surface area contributed by atoms with Crippen molar-refractivity contribution in [2.45, 2.75) is 19.6 Å². The minimum absolute atomic E-state index is 0.217. The number of hydrogen-bond acceptors (Lipinski definition) is 3. The zero-order chi connectivity index (χ0) is 22.2. The van der Waals surface area contributed by atoms with E-state index in [0.29, 0.717) is 23.6 Å². The Hall–Kier alpha value is -3.80. The van der Waals surface area contributed by atoms with Crippen molar-refractivity contribution in [3.63, 3.8) is 0 Å². The highest BCUT2D eigenvalue weighted by atomic mass is 16.5. The summed E-state index contributed by atoms with van der Waals surface area (Å²) in [6.07, 6.45) is 0. The molecule has 3 amide bonds. The molecule has 0 saturated heterocycles. The van der Waals surface area contributed by atoms with Crippen molar-refractivity contribution in [2.24, 2.45) is 0 Å². The van der Waals surface area contributed by atoms with Gasteiger partial charge in [-0.1, -0.05) is 66.7 Å². The zero-order valence-electron chi connectivity index (χ0n) is 18.0. The molecule has 1 atom stereocenters. The molecule has 0 saturated carbocycles. The van der Waals surface area contributed by atoms with Crippen LogP contribution in [-0.4, -0.2) is 30.9 Å². The number of nitrogens with zero attached hydrogens (tertiary/aromatic N) is 1. The van der Waals surface area contributed by atoms with Gasteiger partial charge in [0.15, 0.2) is 0 Å². The summed E-state index contributed by atoms with van der Waals surface area (Å²) >= 11 is 0.